The van der Waals surface area contributed by atoms with Crippen LogP contribution in [0.3, 0.4) is 0 Å². The van der Waals surface area contributed by atoms with Gasteiger partial charge in [0.05, 0.1) is 5.69 Å². The first-order valence-corrected chi connectivity index (χ1v) is 11.6. The van der Waals surface area contributed by atoms with Gasteiger partial charge in [0.25, 0.3) is 20.2 Å². The molecule has 0 heterocycles. The van der Waals surface area contributed by atoms with Crippen LogP contribution in [0.1, 0.15) is 0 Å². The first kappa shape index (κ1) is 24.8. The van der Waals surface area contributed by atoms with Crippen molar-refractivity contribution in [2.75, 3.05) is 0 Å². The third-order valence-corrected chi connectivity index (χ3v) is 6.42. The zero-order valence-electron chi connectivity index (χ0n) is 16.2. The van der Waals surface area contributed by atoms with Crippen LogP contribution in [0.25, 0.3) is 21.5 Å². The summed E-state index contributed by atoms with van der Waals surface area (Å²) in [5.41, 5.74) is -0.0287. The Morgan fingerprint density at radius 1 is 0.656 bits per heavy atom. The Morgan fingerprint density at radius 2 is 1.31 bits per heavy atom. The van der Waals surface area contributed by atoms with Crippen molar-refractivity contribution in [2.45, 2.75) is 9.79 Å². The minimum absolute atomic E-state index is 0. The summed E-state index contributed by atoms with van der Waals surface area (Å²) in [6.07, 6.45) is 0. The molecule has 4 aromatic rings. The molecule has 0 unspecified atom stereocenters. The second-order valence-corrected chi connectivity index (χ2v) is 9.38. The van der Waals surface area contributed by atoms with Crippen molar-refractivity contribution in [3.8, 4) is 5.75 Å². The molecular formula is C20H14BaN2O7S2. The minimum Gasteiger partial charge on any atom is -0.505 e. The molecule has 0 aliphatic heterocycles. The van der Waals surface area contributed by atoms with E-state index >= 15 is 0 Å². The van der Waals surface area contributed by atoms with Gasteiger partial charge >= 0.3 is 0 Å². The third-order valence-electron chi connectivity index (χ3n) is 4.61. The smallest absolute Gasteiger partial charge is 0.295 e. The molecule has 0 spiro atoms. The van der Waals surface area contributed by atoms with Gasteiger partial charge in [-0.25, -0.2) is 0 Å². The number of fused-ring (bicyclic) bond motifs is 2. The number of phenols is 1. The summed E-state index contributed by atoms with van der Waals surface area (Å²) in [5, 5.41) is 19.3. The van der Waals surface area contributed by atoms with Gasteiger partial charge in [0.1, 0.15) is 15.5 Å². The molecule has 160 valence electrons. The van der Waals surface area contributed by atoms with Gasteiger partial charge in [-0.2, -0.15) is 21.9 Å². The Kier molecular flexibility index (Phi) is 7.14. The van der Waals surface area contributed by atoms with E-state index in [4.69, 9.17) is 0 Å². The predicted octanol–water partition coefficient (Wildman–Crippen LogP) is 4.23. The molecule has 3 N–H and O–H groups in total. The largest absolute Gasteiger partial charge is 0.505 e. The Hall–Kier alpha value is -1.81. The summed E-state index contributed by atoms with van der Waals surface area (Å²) in [6.45, 7) is 0. The van der Waals surface area contributed by atoms with Crippen molar-refractivity contribution < 1.29 is 31.0 Å². The van der Waals surface area contributed by atoms with E-state index in [2.05, 4.69) is 10.2 Å². The van der Waals surface area contributed by atoms with Crippen LogP contribution >= 0.6 is 0 Å². The van der Waals surface area contributed by atoms with Crippen molar-refractivity contribution in [1.82, 2.24) is 0 Å². The van der Waals surface area contributed by atoms with Crippen LogP contribution in [0, 0.1) is 0 Å². The van der Waals surface area contributed by atoms with Crippen LogP contribution in [0.2, 0.25) is 0 Å². The van der Waals surface area contributed by atoms with Gasteiger partial charge in [0.2, 0.25) is 0 Å². The molecule has 9 nitrogen and oxygen atoms in total. The predicted molar refractivity (Wildman–Crippen MR) is 119 cm³/mol. The van der Waals surface area contributed by atoms with Crippen molar-refractivity contribution in [3.63, 3.8) is 0 Å². The number of hydrogen-bond donors (Lipinski definition) is 3. The maximum atomic E-state index is 11.9. The molecule has 0 aliphatic rings. The fourth-order valence-corrected chi connectivity index (χ4v) is 4.66. The minimum atomic E-state index is -4.76. The normalized spacial score (nSPS) is 12.3. The zero-order valence-corrected chi connectivity index (χ0v) is 22.3. The van der Waals surface area contributed by atoms with Crippen molar-refractivity contribution in [1.29, 1.82) is 0 Å². The van der Waals surface area contributed by atoms with E-state index in [0.29, 0.717) is 5.39 Å². The summed E-state index contributed by atoms with van der Waals surface area (Å²) in [4.78, 5) is -1.16. The molecule has 0 atom stereocenters. The number of azo groups is 1. The molecule has 0 fully saturated rings. The molecule has 4 rings (SSSR count). The Bertz CT molecular complexity index is 1600. The van der Waals surface area contributed by atoms with Crippen molar-refractivity contribution in [3.05, 3.63) is 66.7 Å². The molecule has 0 aliphatic carbocycles. The van der Waals surface area contributed by atoms with Gasteiger partial charge in [-0.05, 0) is 29.7 Å². The third kappa shape index (κ3) is 4.90. The molecule has 0 saturated heterocycles. The summed E-state index contributed by atoms with van der Waals surface area (Å²) in [6, 6.07) is 16.1. The molecule has 0 saturated carbocycles. The number of hydrogen-bond acceptors (Lipinski definition) is 7. The van der Waals surface area contributed by atoms with Crippen molar-refractivity contribution in [2.24, 2.45) is 10.2 Å². The van der Waals surface area contributed by atoms with Crippen molar-refractivity contribution >= 4 is 102 Å². The maximum absolute atomic E-state index is 11.9. The summed E-state index contributed by atoms with van der Waals surface area (Å²) in [7, 11) is -9.46. The van der Waals surface area contributed by atoms with Crippen LogP contribution in [-0.2, 0) is 20.2 Å². The van der Waals surface area contributed by atoms with E-state index in [-0.39, 0.29) is 76.8 Å². The fraction of sp³-hybridized carbons (Fsp3) is 0. The van der Waals surface area contributed by atoms with E-state index in [1.165, 1.54) is 24.3 Å². The van der Waals surface area contributed by atoms with Gasteiger partial charge in [0.15, 0.2) is 5.75 Å². The molecule has 0 bridgehead atoms. The molecule has 4 aromatic carbocycles. The Morgan fingerprint density at radius 3 is 2.00 bits per heavy atom. The van der Waals surface area contributed by atoms with Gasteiger partial charge in [0, 0.05) is 65.0 Å². The van der Waals surface area contributed by atoms with E-state index in [9.17, 15) is 31.0 Å². The average Bonchev–Trinajstić information content (AvgIpc) is 2.71. The number of phenolic OH excluding ortho intramolecular Hbond substituents is 1. The zero-order chi connectivity index (χ0) is 22.4. The van der Waals surface area contributed by atoms with E-state index in [0.717, 1.165) is 17.5 Å². The average molecular weight is 596 g/mol. The number of aromatic hydroxyl groups is 1. The van der Waals surface area contributed by atoms with E-state index in [1.54, 1.807) is 24.3 Å². The monoisotopic (exact) mass is 596 g/mol. The maximum Gasteiger partial charge on any atom is 0.295 e. The Labute approximate surface area is 223 Å². The van der Waals surface area contributed by atoms with Crippen LogP contribution in [0.4, 0.5) is 11.4 Å². The van der Waals surface area contributed by atoms with Crippen LogP contribution in [-0.4, -0.2) is 79.9 Å². The topological polar surface area (TPSA) is 154 Å². The molecule has 12 heteroatoms. The van der Waals surface area contributed by atoms with Gasteiger partial charge in [-0.1, -0.05) is 42.5 Å². The van der Waals surface area contributed by atoms with Gasteiger partial charge in [-0.3, -0.25) is 9.11 Å². The molecular weight excluding hydrogens is 582 g/mol. The first-order chi connectivity index (χ1) is 14.6. The number of benzene rings is 4. The summed E-state index contributed by atoms with van der Waals surface area (Å²) < 4.78 is 66.3. The fourth-order valence-electron chi connectivity index (χ4n) is 3.24. The van der Waals surface area contributed by atoms with Crippen LogP contribution < -0.4 is 0 Å². The standard InChI is InChI=1S/C20H14N2O7S2.Ba/c23-20-14-5-2-1-4-12(14)8-9-17(20)22-21-13-10-16-15(19(11-13)31(27,28)29)6-3-7-18(16)30(24,25)26;/h1-11,23H,(H,24,25,26)(H,27,28,29);. The summed E-state index contributed by atoms with van der Waals surface area (Å²) >= 11 is 0. The molecule has 0 aromatic heterocycles. The molecule has 32 heavy (non-hydrogen) atoms. The molecule has 0 amide bonds. The molecule has 2 radical (unpaired) electrons. The van der Waals surface area contributed by atoms with Crippen LogP contribution in [0.15, 0.2) is 86.7 Å². The second-order valence-electron chi connectivity index (χ2n) is 6.60. The SMILES string of the molecule is O=S(=O)(O)c1cc(N=Nc2ccc3ccccc3c2O)cc2c(S(=O)(=O)O)cccc12.[Ba]. The number of nitrogens with zero attached hydrogens (tertiary/aromatic N) is 2. The summed E-state index contributed by atoms with van der Waals surface area (Å²) in [5.74, 6) is -0.142. The second kappa shape index (κ2) is 9.21. The number of rotatable bonds is 4. The Balaban J connectivity index is 0.00000289. The van der Waals surface area contributed by atoms with E-state index < -0.39 is 30.0 Å². The van der Waals surface area contributed by atoms with E-state index in [1.807, 2.05) is 6.07 Å². The van der Waals surface area contributed by atoms with Gasteiger partial charge in [-0.15, -0.1) is 5.11 Å². The first-order valence-electron chi connectivity index (χ1n) is 8.70. The van der Waals surface area contributed by atoms with Gasteiger partial charge < -0.3 is 5.11 Å². The van der Waals surface area contributed by atoms with Crippen LogP contribution in [0.5, 0.6) is 5.75 Å². The quantitative estimate of drug-likeness (QED) is 0.181.